The first-order chi connectivity index (χ1) is 15.9. The molecule has 0 spiro atoms. The van der Waals surface area contributed by atoms with Gasteiger partial charge in [0.05, 0.1) is 35.9 Å². The van der Waals surface area contributed by atoms with Gasteiger partial charge in [-0.15, -0.1) is 0 Å². The second-order valence-electron chi connectivity index (χ2n) is 7.88. The molecule has 1 N–H and O–H groups in total. The molecule has 1 unspecified atom stereocenters. The average Bonchev–Trinajstić information content (AvgIpc) is 3.06. The molecule has 1 atom stereocenters. The first kappa shape index (κ1) is 22.8. The van der Waals surface area contributed by atoms with E-state index >= 15 is 0 Å². The molecule has 4 rings (SSSR count). The molecule has 1 amide bonds. The van der Waals surface area contributed by atoms with E-state index in [1.54, 1.807) is 12.1 Å². The van der Waals surface area contributed by atoms with Crippen LogP contribution in [-0.2, 0) is 14.3 Å². The maximum Gasteiger partial charge on any atom is 0.295 e. The molecule has 7 heteroatoms. The minimum absolute atomic E-state index is 0.00702. The number of aryl methyl sites for hydroxylation is 1. The van der Waals surface area contributed by atoms with E-state index in [0.717, 1.165) is 21.9 Å². The van der Waals surface area contributed by atoms with Crippen LogP contribution in [0.3, 0.4) is 0 Å². The van der Waals surface area contributed by atoms with Crippen molar-refractivity contribution in [1.29, 1.82) is 0 Å². The quantitative estimate of drug-likeness (QED) is 0.319. The SMILES string of the molecule is COCCN1C(=O)C(=O)/C(=C(/O)c2cc(C)cc(Cl)c2OC)C1c1cccc2ccccc12. The Kier molecular flexibility index (Phi) is 6.40. The lowest BCUT2D eigenvalue weighted by atomic mass is 9.91. The molecule has 3 aromatic rings. The van der Waals surface area contributed by atoms with Gasteiger partial charge in [-0.2, -0.15) is 0 Å². The number of carbonyl (C=O) groups excluding carboxylic acids is 2. The number of hydrogen-bond donors (Lipinski definition) is 1. The third-order valence-electron chi connectivity index (χ3n) is 5.84. The Hall–Kier alpha value is -3.35. The number of carbonyl (C=O) groups is 2. The van der Waals surface area contributed by atoms with E-state index in [9.17, 15) is 14.7 Å². The van der Waals surface area contributed by atoms with Crippen molar-refractivity contribution in [3.63, 3.8) is 0 Å². The molecular formula is C26H24ClNO5. The number of methoxy groups -OCH3 is 2. The largest absolute Gasteiger partial charge is 0.507 e. The molecule has 1 aliphatic rings. The molecule has 3 aromatic carbocycles. The summed E-state index contributed by atoms with van der Waals surface area (Å²) in [6.45, 7) is 2.26. The highest BCUT2D eigenvalue weighted by Crippen LogP contribution is 2.44. The molecule has 0 radical (unpaired) electrons. The van der Waals surface area contributed by atoms with Crippen molar-refractivity contribution in [3.05, 3.63) is 81.9 Å². The second-order valence-corrected chi connectivity index (χ2v) is 8.29. The molecule has 0 bridgehead atoms. The van der Waals surface area contributed by atoms with Crippen molar-refractivity contribution in [3.8, 4) is 5.75 Å². The van der Waals surface area contributed by atoms with Crippen molar-refractivity contribution in [1.82, 2.24) is 4.90 Å². The third-order valence-corrected chi connectivity index (χ3v) is 6.12. The number of ketones is 1. The van der Waals surface area contributed by atoms with Gasteiger partial charge in [-0.25, -0.2) is 0 Å². The van der Waals surface area contributed by atoms with E-state index < -0.39 is 17.7 Å². The van der Waals surface area contributed by atoms with E-state index in [1.807, 2.05) is 49.4 Å². The van der Waals surface area contributed by atoms with Crippen LogP contribution in [0.25, 0.3) is 16.5 Å². The highest BCUT2D eigenvalue weighted by molar-refractivity contribution is 6.46. The van der Waals surface area contributed by atoms with Gasteiger partial charge in [-0.05, 0) is 41.0 Å². The maximum absolute atomic E-state index is 13.3. The summed E-state index contributed by atoms with van der Waals surface area (Å²) in [4.78, 5) is 27.8. The predicted molar refractivity (Wildman–Crippen MR) is 128 cm³/mol. The predicted octanol–water partition coefficient (Wildman–Crippen LogP) is 4.88. The van der Waals surface area contributed by atoms with E-state index in [-0.39, 0.29) is 35.8 Å². The molecule has 6 nitrogen and oxygen atoms in total. The van der Waals surface area contributed by atoms with E-state index in [0.29, 0.717) is 5.02 Å². The lowest BCUT2D eigenvalue weighted by molar-refractivity contribution is -0.140. The Morgan fingerprint density at radius 2 is 1.82 bits per heavy atom. The van der Waals surface area contributed by atoms with Crippen molar-refractivity contribution in [2.24, 2.45) is 0 Å². The molecule has 0 saturated carbocycles. The van der Waals surface area contributed by atoms with Gasteiger partial charge in [0.2, 0.25) is 0 Å². The molecular weight excluding hydrogens is 442 g/mol. The molecule has 0 aromatic heterocycles. The standard InChI is InChI=1S/C26H24ClNO5/c1-15-13-19(25(33-3)20(27)14-15)23(29)21-22(28(11-12-32-2)26(31)24(21)30)18-10-6-8-16-7-4-5-9-17(16)18/h4-10,13-14,22,29H,11-12H2,1-3H3/b23-21+. The fraction of sp³-hybridized carbons (Fsp3) is 0.231. The highest BCUT2D eigenvalue weighted by Gasteiger charge is 2.46. The van der Waals surface area contributed by atoms with Crippen molar-refractivity contribution in [2.75, 3.05) is 27.4 Å². The van der Waals surface area contributed by atoms with Crippen LogP contribution < -0.4 is 4.74 Å². The van der Waals surface area contributed by atoms with Crippen LogP contribution in [0.1, 0.15) is 22.7 Å². The number of rotatable bonds is 6. The first-order valence-corrected chi connectivity index (χ1v) is 10.9. The lowest BCUT2D eigenvalue weighted by Gasteiger charge is -2.26. The minimum atomic E-state index is -0.796. The summed E-state index contributed by atoms with van der Waals surface area (Å²) in [6, 6.07) is 16.0. The number of aliphatic hydroxyl groups is 1. The summed E-state index contributed by atoms with van der Waals surface area (Å²) in [5, 5.41) is 13.6. The van der Waals surface area contributed by atoms with Crippen LogP contribution in [-0.4, -0.2) is 49.1 Å². The zero-order chi connectivity index (χ0) is 23.7. The monoisotopic (exact) mass is 465 g/mol. The van der Waals surface area contributed by atoms with Gasteiger partial charge in [0.1, 0.15) is 11.5 Å². The third kappa shape index (κ3) is 3.96. The Morgan fingerprint density at radius 3 is 2.55 bits per heavy atom. The van der Waals surface area contributed by atoms with Crippen LogP contribution in [0.4, 0.5) is 0 Å². The second kappa shape index (κ2) is 9.25. The molecule has 1 heterocycles. The fourth-order valence-corrected chi connectivity index (χ4v) is 4.72. The first-order valence-electron chi connectivity index (χ1n) is 10.5. The minimum Gasteiger partial charge on any atom is -0.507 e. The number of hydrogen-bond acceptors (Lipinski definition) is 5. The molecule has 1 aliphatic heterocycles. The molecule has 1 saturated heterocycles. The number of nitrogens with zero attached hydrogens (tertiary/aromatic N) is 1. The van der Waals surface area contributed by atoms with Crippen LogP contribution in [0.5, 0.6) is 5.75 Å². The summed E-state index contributed by atoms with van der Waals surface area (Å²) in [6.07, 6.45) is 0. The number of likely N-dealkylation sites (tertiary alicyclic amines) is 1. The van der Waals surface area contributed by atoms with Crippen molar-refractivity contribution < 1.29 is 24.2 Å². The van der Waals surface area contributed by atoms with Gasteiger partial charge < -0.3 is 19.5 Å². The fourth-order valence-electron chi connectivity index (χ4n) is 4.37. The van der Waals surface area contributed by atoms with Gasteiger partial charge >= 0.3 is 0 Å². The van der Waals surface area contributed by atoms with Crippen LogP contribution >= 0.6 is 11.6 Å². The summed E-state index contributed by atoms with van der Waals surface area (Å²) >= 11 is 6.34. The number of halogens is 1. The summed E-state index contributed by atoms with van der Waals surface area (Å²) < 4.78 is 10.6. The molecule has 170 valence electrons. The highest BCUT2D eigenvalue weighted by atomic mass is 35.5. The van der Waals surface area contributed by atoms with Crippen LogP contribution in [0.15, 0.2) is 60.2 Å². The summed E-state index contributed by atoms with van der Waals surface area (Å²) in [5.41, 5.74) is 1.77. The van der Waals surface area contributed by atoms with E-state index in [4.69, 9.17) is 21.1 Å². The Labute approximate surface area is 197 Å². The number of Topliss-reactive ketones (excluding diaryl/α,β-unsaturated/α-hetero) is 1. The number of fused-ring (bicyclic) bond motifs is 1. The lowest BCUT2D eigenvalue weighted by Crippen LogP contribution is -2.32. The Balaban J connectivity index is 2.01. The zero-order valence-electron chi connectivity index (χ0n) is 18.6. The van der Waals surface area contributed by atoms with Crippen molar-refractivity contribution >= 4 is 39.8 Å². The number of benzene rings is 3. The Morgan fingerprint density at radius 1 is 1.09 bits per heavy atom. The number of ether oxygens (including phenoxy) is 2. The van der Waals surface area contributed by atoms with Gasteiger partial charge in [-0.3, -0.25) is 9.59 Å². The zero-order valence-corrected chi connectivity index (χ0v) is 19.3. The number of aliphatic hydroxyl groups excluding tert-OH is 1. The smallest absolute Gasteiger partial charge is 0.295 e. The normalized spacial score (nSPS) is 17.7. The molecule has 33 heavy (non-hydrogen) atoms. The van der Waals surface area contributed by atoms with Gasteiger partial charge in [-0.1, -0.05) is 54.1 Å². The van der Waals surface area contributed by atoms with Gasteiger partial charge in [0, 0.05) is 13.7 Å². The molecule has 1 fully saturated rings. The van der Waals surface area contributed by atoms with Crippen molar-refractivity contribution in [2.45, 2.75) is 13.0 Å². The van der Waals surface area contributed by atoms with Crippen LogP contribution in [0, 0.1) is 6.92 Å². The number of amides is 1. The van der Waals surface area contributed by atoms with Gasteiger partial charge in [0.15, 0.2) is 0 Å². The van der Waals surface area contributed by atoms with Crippen LogP contribution in [0.2, 0.25) is 5.02 Å². The average molecular weight is 466 g/mol. The molecule has 0 aliphatic carbocycles. The van der Waals surface area contributed by atoms with E-state index in [2.05, 4.69) is 0 Å². The summed E-state index contributed by atoms with van der Waals surface area (Å²) in [7, 11) is 2.97. The summed E-state index contributed by atoms with van der Waals surface area (Å²) in [5.74, 6) is -1.54. The van der Waals surface area contributed by atoms with E-state index in [1.165, 1.54) is 19.1 Å². The Bertz CT molecular complexity index is 1280. The maximum atomic E-state index is 13.3. The van der Waals surface area contributed by atoms with Gasteiger partial charge in [0.25, 0.3) is 11.7 Å². The topological polar surface area (TPSA) is 76.1 Å².